The lowest BCUT2D eigenvalue weighted by molar-refractivity contribution is 0.0913. The summed E-state index contributed by atoms with van der Waals surface area (Å²) in [6.07, 6.45) is 7.24. The Morgan fingerprint density at radius 2 is 2.25 bits per heavy atom. The van der Waals surface area contributed by atoms with Crippen LogP contribution in [0.2, 0.25) is 0 Å². The lowest BCUT2D eigenvalue weighted by Gasteiger charge is -2.06. The van der Waals surface area contributed by atoms with Crippen LogP contribution in [0.1, 0.15) is 10.4 Å². The molecule has 0 radical (unpaired) electrons. The Kier molecular flexibility index (Phi) is 3.41. The Labute approximate surface area is 98.5 Å². The number of carbonyl (C=O) groups is 1. The molecule has 0 atom stereocenters. The van der Waals surface area contributed by atoms with Gasteiger partial charge in [-0.05, 0) is 17.9 Å². The van der Waals surface area contributed by atoms with Crippen LogP contribution in [0.15, 0.2) is 47.9 Å². The van der Waals surface area contributed by atoms with Gasteiger partial charge in [0.1, 0.15) is 6.33 Å². The highest BCUT2D eigenvalue weighted by Crippen LogP contribution is 2.20. The van der Waals surface area contributed by atoms with E-state index in [4.69, 9.17) is 0 Å². The minimum absolute atomic E-state index is 0.0407. The zero-order chi connectivity index (χ0) is 11.4. The first-order valence-electron chi connectivity index (χ1n) is 4.94. The molecule has 3 nitrogen and oxygen atoms in total. The molecule has 2 rings (SSSR count). The molecule has 0 spiro atoms. The molecule has 2 aromatic rings. The van der Waals surface area contributed by atoms with Gasteiger partial charge in [-0.15, -0.1) is 11.8 Å². The predicted octanol–water partition coefficient (Wildman–Crippen LogP) is 2.49. The maximum atomic E-state index is 11.9. The SMILES string of the molecule is CSc1ccccc1CC(=O)n1ccnc1. The molecule has 0 amide bonds. The highest BCUT2D eigenvalue weighted by molar-refractivity contribution is 7.98. The quantitative estimate of drug-likeness (QED) is 0.763. The summed E-state index contributed by atoms with van der Waals surface area (Å²) in [6, 6.07) is 7.95. The molecule has 16 heavy (non-hydrogen) atoms. The number of thioether (sulfide) groups is 1. The monoisotopic (exact) mass is 232 g/mol. The number of hydrogen-bond donors (Lipinski definition) is 0. The van der Waals surface area contributed by atoms with Crippen molar-refractivity contribution < 1.29 is 4.79 Å². The summed E-state index contributed by atoms with van der Waals surface area (Å²) < 4.78 is 1.51. The molecule has 0 aliphatic heterocycles. The highest BCUT2D eigenvalue weighted by Gasteiger charge is 2.08. The topological polar surface area (TPSA) is 34.9 Å². The summed E-state index contributed by atoms with van der Waals surface area (Å²) >= 11 is 1.66. The van der Waals surface area contributed by atoms with Crippen molar-refractivity contribution in [3.05, 3.63) is 48.5 Å². The van der Waals surface area contributed by atoms with Crippen molar-refractivity contribution in [3.8, 4) is 0 Å². The Morgan fingerprint density at radius 1 is 1.44 bits per heavy atom. The molecule has 0 unspecified atom stereocenters. The van der Waals surface area contributed by atoms with Gasteiger partial charge in [0.05, 0.1) is 6.42 Å². The Balaban J connectivity index is 2.18. The third-order valence-electron chi connectivity index (χ3n) is 2.33. The van der Waals surface area contributed by atoms with Crippen LogP contribution < -0.4 is 0 Å². The molecular formula is C12H12N2OS. The number of benzene rings is 1. The van der Waals surface area contributed by atoms with E-state index in [0.29, 0.717) is 6.42 Å². The van der Waals surface area contributed by atoms with Crippen molar-refractivity contribution in [1.29, 1.82) is 0 Å². The fourth-order valence-corrected chi connectivity index (χ4v) is 2.13. The van der Waals surface area contributed by atoms with Crippen LogP contribution in [0.25, 0.3) is 0 Å². The zero-order valence-corrected chi connectivity index (χ0v) is 9.78. The summed E-state index contributed by atoms with van der Waals surface area (Å²) in [7, 11) is 0. The second kappa shape index (κ2) is 4.99. The average molecular weight is 232 g/mol. The molecule has 82 valence electrons. The molecule has 1 heterocycles. The summed E-state index contributed by atoms with van der Waals surface area (Å²) in [5.74, 6) is 0.0407. The molecule has 0 N–H and O–H groups in total. The summed E-state index contributed by atoms with van der Waals surface area (Å²) in [6.45, 7) is 0. The van der Waals surface area contributed by atoms with Crippen molar-refractivity contribution in [2.24, 2.45) is 0 Å². The minimum Gasteiger partial charge on any atom is -0.276 e. The summed E-state index contributed by atoms with van der Waals surface area (Å²) in [5, 5.41) is 0. The zero-order valence-electron chi connectivity index (χ0n) is 8.96. The number of nitrogens with zero attached hydrogens (tertiary/aromatic N) is 2. The van der Waals surface area contributed by atoms with E-state index in [1.54, 1.807) is 24.2 Å². The van der Waals surface area contributed by atoms with E-state index < -0.39 is 0 Å². The van der Waals surface area contributed by atoms with E-state index >= 15 is 0 Å². The van der Waals surface area contributed by atoms with Gasteiger partial charge in [-0.2, -0.15) is 0 Å². The molecule has 0 saturated heterocycles. The Hall–Kier alpha value is -1.55. The lowest BCUT2D eigenvalue weighted by atomic mass is 10.1. The normalized spacial score (nSPS) is 10.3. The second-order valence-corrected chi connectivity index (χ2v) is 4.20. The van der Waals surface area contributed by atoms with Gasteiger partial charge in [-0.1, -0.05) is 18.2 Å². The summed E-state index contributed by atoms with van der Waals surface area (Å²) in [4.78, 5) is 16.9. The van der Waals surface area contributed by atoms with Gasteiger partial charge in [-0.3, -0.25) is 9.36 Å². The number of imidazole rings is 1. The lowest BCUT2D eigenvalue weighted by Crippen LogP contribution is -2.11. The molecule has 1 aromatic carbocycles. The predicted molar refractivity (Wildman–Crippen MR) is 64.8 cm³/mol. The molecule has 0 fully saturated rings. The van der Waals surface area contributed by atoms with Crippen LogP contribution in [0.3, 0.4) is 0 Å². The van der Waals surface area contributed by atoms with E-state index in [9.17, 15) is 4.79 Å². The van der Waals surface area contributed by atoms with Crippen molar-refractivity contribution in [1.82, 2.24) is 9.55 Å². The van der Waals surface area contributed by atoms with Crippen molar-refractivity contribution in [2.75, 3.05) is 6.26 Å². The van der Waals surface area contributed by atoms with E-state index in [2.05, 4.69) is 4.98 Å². The molecule has 0 aliphatic rings. The van der Waals surface area contributed by atoms with Crippen molar-refractivity contribution >= 4 is 17.7 Å². The van der Waals surface area contributed by atoms with Gasteiger partial charge >= 0.3 is 0 Å². The van der Waals surface area contributed by atoms with Crippen LogP contribution in [0, 0.1) is 0 Å². The molecule has 4 heteroatoms. The standard InChI is InChI=1S/C12H12N2OS/c1-16-11-5-3-2-4-10(11)8-12(15)14-7-6-13-9-14/h2-7,9H,8H2,1H3. The van der Waals surface area contributed by atoms with Crippen LogP contribution in [-0.4, -0.2) is 21.7 Å². The Bertz CT molecular complexity index is 480. The van der Waals surface area contributed by atoms with Crippen molar-refractivity contribution in [2.45, 2.75) is 11.3 Å². The highest BCUT2D eigenvalue weighted by atomic mass is 32.2. The fourth-order valence-electron chi connectivity index (χ4n) is 1.51. The third-order valence-corrected chi connectivity index (χ3v) is 3.16. The van der Waals surface area contributed by atoms with Crippen LogP contribution >= 0.6 is 11.8 Å². The van der Waals surface area contributed by atoms with Crippen LogP contribution in [-0.2, 0) is 6.42 Å². The first-order chi connectivity index (χ1) is 7.81. The number of rotatable bonds is 3. The molecule has 1 aromatic heterocycles. The van der Waals surface area contributed by atoms with E-state index in [0.717, 1.165) is 10.5 Å². The smallest absolute Gasteiger partial charge is 0.236 e. The fraction of sp³-hybridized carbons (Fsp3) is 0.167. The van der Waals surface area contributed by atoms with Gasteiger partial charge in [-0.25, -0.2) is 4.98 Å². The first kappa shape index (κ1) is 11.0. The molecule has 0 bridgehead atoms. The maximum absolute atomic E-state index is 11.9. The van der Waals surface area contributed by atoms with Gasteiger partial charge in [0.15, 0.2) is 0 Å². The van der Waals surface area contributed by atoms with Gasteiger partial charge in [0.2, 0.25) is 5.91 Å². The second-order valence-electron chi connectivity index (χ2n) is 3.35. The van der Waals surface area contributed by atoms with Crippen LogP contribution in [0.5, 0.6) is 0 Å². The molecular weight excluding hydrogens is 220 g/mol. The van der Waals surface area contributed by atoms with Gasteiger partial charge < -0.3 is 0 Å². The van der Waals surface area contributed by atoms with Gasteiger partial charge in [0, 0.05) is 17.3 Å². The number of aromatic nitrogens is 2. The first-order valence-corrected chi connectivity index (χ1v) is 6.17. The number of carbonyl (C=O) groups excluding carboxylic acids is 1. The van der Waals surface area contributed by atoms with Crippen LogP contribution in [0.4, 0.5) is 0 Å². The van der Waals surface area contributed by atoms with E-state index in [-0.39, 0.29) is 5.91 Å². The third kappa shape index (κ3) is 2.33. The average Bonchev–Trinajstić information content (AvgIpc) is 2.83. The Morgan fingerprint density at radius 3 is 2.94 bits per heavy atom. The summed E-state index contributed by atoms with van der Waals surface area (Å²) in [5.41, 5.74) is 1.06. The van der Waals surface area contributed by atoms with E-state index in [1.807, 2.05) is 30.5 Å². The minimum atomic E-state index is 0.0407. The molecule has 0 aliphatic carbocycles. The van der Waals surface area contributed by atoms with E-state index in [1.165, 1.54) is 10.9 Å². The largest absolute Gasteiger partial charge is 0.276 e. The number of hydrogen-bond acceptors (Lipinski definition) is 3. The van der Waals surface area contributed by atoms with Crippen molar-refractivity contribution in [3.63, 3.8) is 0 Å². The maximum Gasteiger partial charge on any atom is 0.236 e. The molecule has 0 saturated carbocycles. The van der Waals surface area contributed by atoms with Gasteiger partial charge in [0.25, 0.3) is 0 Å².